The Labute approximate surface area is 529 Å². The van der Waals surface area contributed by atoms with Crippen molar-refractivity contribution < 1.29 is 13.3 Å². The molecule has 0 amide bonds. The second kappa shape index (κ2) is 20.9. The van der Waals surface area contributed by atoms with Crippen LogP contribution in [0.25, 0.3) is 200 Å². The van der Waals surface area contributed by atoms with E-state index >= 15 is 0 Å². The summed E-state index contributed by atoms with van der Waals surface area (Å²) >= 11 is 0. The summed E-state index contributed by atoms with van der Waals surface area (Å²) in [5.41, 5.74) is 14.8. The van der Waals surface area contributed by atoms with Crippen LogP contribution in [-0.2, 0) is 0 Å². The number of para-hydroxylation sites is 3. The van der Waals surface area contributed by atoms with Crippen LogP contribution in [0.2, 0.25) is 0 Å². The maximum absolute atomic E-state index is 6.83. The molecule has 0 unspecified atom stereocenters. The van der Waals surface area contributed by atoms with Crippen molar-refractivity contribution in [1.82, 2.24) is 39.9 Å². The Morgan fingerprint density at radius 1 is 0.215 bits per heavy atom. The average Bonchev–Trinajstić information content (AvgIpc) is 1.69. The number of nitrogens with zero attached hydrogens (tertiary/aromatic N) is 8. The van der Waals surface area contributed by atoms with Gasteiger partial charge in [-0.1, -0.05) is 212 Å². The molecule has 0 bridgehead atoms. The normalized spacial score (nSPS) is 11.9. The predicted molar refractivity (Wildman–Crippen MR) is 372 cm³/mol. The van der Waals surface area contributed by atoms with Gasteiger partial charge in [0.05, 0.1) is 0 Å². The first-order valence-corrected chi connectivity index (χ1v) is 30.8. The first-order valence-electron chi connectivity index (χ1n) is 30.8. The minimum absolute atomic E-state index is 0.477. The van der Waals surface area contributed by atoms with Crippen molar-refractivity contribution in [2.24, 2.45) is 0 Å². The Balaban J connectivity index is 0.688. The summed E-state index contributed by atoms with van der Waals surface area (Å²) in [4.78, 5) is 41.6. The van der Waals surface area contributed by atoms with Crippen molar-refractivity contribution in [3.63, 3.8) is 0 Å². The summed E-state index contributed by atoms with van der Waals surface area (Å²) in [6.45, 7) is 0. The summed E-state index contributed by atoms with van der Waals surface area (Å²) in [7, 11) is 0. The van der Waals surface area contributed by atoms with Crippen LogP contribution in [0, 0.1) is 0 Å². The lowest BCUT2D eigenvalue weighted by Gasteiger charge is -2.12. The van der Waals surface area contributed by atoms with Crippen LogP contribution in [0.3, 0.4) is 0 Å². The maximum Gasteiger partial charge on any atom is 0.166 e. The molecule has 0 saturated heterocycles. The number of rotatable bonds is 9. The first-order chi connectivity index (χ1) is 46.0. The summed E-state index contributed by atoms with van der Waals surface area (Å²) < 4.78 is 19.9. The zero-order valence-corrected chi connectivity index (χ0v) is 49.4. The van der Waals surface area contributed by atoms with Crippen LogP contribution in [0.1, 0.15) is 0 Å². The van der Waals surface area contributed by atoms with Crippen molar-refractivity contribution in [3.05, 3.63) is 279 Å². The van der Waals surface area contributed by atoms with Gasteiger partial charge in [-0.3, -0.25) is 9.97 Å². The Kier molecular flexibility index (Phi) is 11.7. The third-order valence-corrected chi connectivity index (χ3v) is 17.8. The molecule has 0 spiro atoms. The molecule has 0 saturated carbocycles. The minimum atomic E-state index is 0.477. The van der Waals surface area contributed by atoms with Crippen LogP contribution in [-0.4, -0.2) is 39.9 Å². The van der Waals surface area contributed by atoms with Gasteiger partial charge in [-0.15, -0.1) is 0 Å². The fourth-order valence-corrected chi connectivity index (χ4v) is 13.3. The monoisotopic (exact) mass is 1190 g/mol. The van der Waals surface area contributed by atoms with E-state index in [1.165, 1.54) is 0 Å². The molecule has 11 heteroatoms. The minimum Gasteiger partial charge on any atom is -0.456 e. The molecule has 0 aliphatic heterocycles. The van der Waals surface area contributed by atoms with E-state index in [1.54, 1.807) is 0 Å². The highest BCUT2D eigenvalue weighted by atomic mass is 16.3. The lowest BCUT2D eigenvalue weighted by Crippen LogP contribution is -2.01. The maximum atomic E-state index is 6.83. The van der Waals surface area contributed by atoms with E-state index in [1.807, 2.05) is 146 Å². The largest absolute Gasteiger partial charge is 0.456 e. The molecule has 0 atom stereocenters. The molecule has 0 radical (unpaired) electrons. The molecular weight excluding hydrogens is 1140 g/mol. The molecule has 12 aromatic carbocycles. The van der Waals surface area contributed by atoms with E-state index in [0.717, 1.165) is 148 Å². The highest BCUT2D eigenvalue weighted by Crippen LogP contribution is 2.45. The van der Waals surface area contributed by atoms with Gasteiger partial charge >= 0.3 is 0 Å². The van der Waals surface area contributed by atoms with Crippen LogP contribution >= 0.6 is 0 Å². The quantitative estimate of drug-likeness (QED) is 0.136. The average molecular weight is 1190 g/mol. The standard InChI is InChI=1S/C82H46N8O3/c1-3-17-49(18-4-1)77-85-79(89-81(87-77)64-45-83-73(56-37-31-47-16-7-8-21-51(47)41-56)75-71(64)61-23-10-13-27-67(61)92-75)58-39-32-48-30-33-55(43-59(48)44-58)52-34-35-54-42-57(38-36-53(54)40-52)74-76-72(62-24-11-14-28-68(62)93-76)65(46-84-74)82-88-78(50-19-5-2-6-20-50)86-80(90-82)63-25-15-29-69-70(63)60-22-9-12-26-66(60)91-69/h1-46H. The van der Waals surface area contributed by atoms with Gasteiger partial charge in [-0.25, -0.2) is 29.9 Å². The second-order valence-corrected chi connectivity index (χ2v) is 23.4. The predicted octanol–water partition coefficient (Wildman–Crippen LogP) is 21.0. The number of hydrogen-bond donors (Lipinski definition) is 0. The molecule has 19 rings (SSSR count). The summed E-state index contributed by atoms with van der Waals surface area (Å²) in [6.07, 6.45) is 3.76. The second-order valence-electron chi connectivity index (χ2n) is 23.4. The topological polar surface area (TPSA) is 143 Å². The van der Waals surface area contributed by atoms with E-state index < -0.39 is 0 Å². The van der Waals surface area contributed by atoms with E-state index in [2.05, 4.69) is 133 Å². The van der Waals surface area contributed by atoms with Crippen molar-refractivity contribution >= 4 is 98.1 Å². The molecule has 93 heavy (non-hydrogen) atoms. The van der Waals surface area contributed by atoms with Crippen LogP contribution in [0.4, 0.5) is 0 Å². The molecule has 0 N–H and O–H groups in total. The molecule has 19 aromatic rings. The molecule has 432 valence electrons. The van der Waals surface area contributed by atoms with Gasteiger partial charge in [-0.2, -0.15) is 0 Å². The number of fused-ring (bicyclic) bond motifs is 12. The van der Waals surface area contributed by atoms with Crippen molar-refractivity contribution in [3.8, 4) is 102 Å². The molecule has 11 nitrogen and oxygen atoms in total. The van der Waals surface area contributed by atoms with E-state index in [4.69, 9.17) is 53.1 Å². The van der Waals surface area contributed by atoms with Gasteiger partial charge in [0, 0.05) is 89.2 Å². The fourth-order valence-electron chi connectivity index (χ4n) is 13.3. The molecule has 0 aliphatic carbocycles. The molecule has 7 aromatic heterocycles. The number of aromatic nitrogens is 8. The van der Waals surface area contributed by atoms with E-state index in [9.17, 15) is 0 Å². The van der Waals surface area contributed by atoms with Gasteiger partial charge in [0.1, 0.15) is 33.7 Å². The molecule has 0 fully saturated rings. The summed E-state index contributed by atoms with van der Waals surface area (Å²) in [6, 6.07) is 91.2. The third kappa shape index (κ3) is 8.74. The Morgan fingerprint density at radius 2 is 0.581 bits per heavy atom. The van der Waals surface area contributed by atoms with Gasteiger partial charge in [0.2, 0.25) is 0 Å². The number of benzene rings is 12. The third-order valence-electron chi connectivity index (χ3n) is 17.8. The first kappa shape index (κ1) is 52.1. The Hall–Kier alpha value is -12.9. The Morgan fingerprint density at radius 3 is 1.15 bits per heavy atom. The Bertz CT molecular complexity index is 6280. The van der Waals surface area contributed by atoms with Crippen molar-refractivity contribution in [1.29, 1.82) is 0 Å². The van der Waals surface area contributed by atoms with Crippen molar-refractivity contribution in [2.75, 3.05) is 0 Å². The number of pyridine rings is 2. The van der Waals surface area contributed by atoms with Crippen LogP contribution < -0.4 is 0 Å². The zero-order chi connectivity index (χ0) is 61.1. The van der Waals surface area contributed by atoms with E-state index in [-0.39, 0.29) is 0 Å². The zero-order valence-electron chi connectivity index (χ0n) is 49.4. The SMILES string of the molecule is c1ccc(-c2nc(-c3ccc4ccc(-c5ccc6cc(-c7ncc(-c8nc(-c9ccccc9)nc(-c9cccc%10oc%11ccccc%11c9%10)n8)c8c7oc7ccccc78)ccc6c5)cc4c3)nc(-c3cnc(-c4ccc5ccccc5c4)c4oc5ccccc5c34)n2)cc1. The molecular formula is C82H46N8O3. The lowest BCUT2D eigenvalue weighted by atomic mass is 9.96. The van der Waals surface area contributed by atoms with Gasteiger partial charge in [-0.05, 0) is 98.0 Å². The number of furan rings is 3. The van der Waals surface area contributed by atoms with Crippen LogP contribution in [0.15, 0.2) is 293 Å². The summed E-state index contributed by atoms with van der Waals surface area (Å²) in [5, 5.41) is 12.1. The van der Waals surface area contributed by atoms with Gasteiger partial charge in [0.15, 0.2) is 46.1 Å². The smallest absolute Gasteiger partial charge is 0.166 e. The number of hydrogen-bond acceptors (Lipinski definition) is 11. The van der Waals surface area contributed by atoms with Crippen molar-refractivity contribution in [2.45, 2.75) is 0 Å². The molecule has 7 heterocycles. The van der Waals surface area contributed by atoms with Gasteiger partial charge < -0.3 is 13.3 Å². The summed E-state index contributed by atoms with van der Waals surface area (Å²) in [5.74, 6) is 3.14. The van der Waals surface area contributed by atoms with E-state index in [0.29, 0.717) is 51.8 Å². The van der Waals surface area contributed by atoms with Gasteiger partial charge in [0.25, 0.3) is 0 Å². The molecule has 0 aliphatic rings. The fraction of sp³-hybridized carbons (Fsp3) is 0. The highest BCUT2D eigenvalue weighted by Gasteiger charge is 2.26. The highest BCUT2D eigenvalue weighted by molar-refractivity contribution is 6.17. The lowest BCUT2D eigenvalue weighted by molar-refractivity contribution is 0.668. The van der Waals surface area contributed by atoms with Crippen LogP contribution in [0.5, 0.6) is 0 Å².